The molecule has 2 aromatic rings. The molecule has 1 aliphatic rings. The van der Waals surface area contributed by atoms with Crippen molar-refractivity contribution >= 4 is 22.4 Å². The Morgan fingerprint density at radius 3 is 2.52 bits per heavy atom. The molecule has 4 heteroatoms. The average Bonchev–Trinajstić information content (AvgIpc) is 2.55. The van der Waals surface area contributed by atoms with Crippen molar-refractivity contribution in [1.29, 1.82) is 0 Å². The first-order chi connectivity index (χ1) is 10.9. The highest BCUT2D eigenvalue weighted by atomic mass is 35.5. The lowest BCUT2D eigenvalue weighted by molar-refractivity contribution is 0.00735. The van der Waals surface area contributed by atoms with Crippen LogP contribution in [0.3, 0.4) is 0 Å². The Kier molecular flexibility index (Phi) is 4.39. The van der Waals surface area contributed by atoms with Gasteiger partial charge >= 0.3 is 0 Å². The van der Waals surface area contributed by atoms with Crippen LogP contribution in [0.1, 0.15) is 36.5 Å². The number of benzene rings is 2. The van der Waals surface area contributed by atoms with Crippen LogP contribution in [-0.2, 0) is 22.8 Å². The van der Waals surface area contributed by atoms with E-state index in [1.54, 1.807) is 6.92 Å². The maximum absolute atomic E-state index is 13.1. The second-order valence-corrected chi connectivity index (χ2v) is 9.17. The van der Waals surface area contributed by atoms with E-state index >= 15 is 0 Å². The van der Waals surface area contributed by atoms with Crippen LogP contribution in [0.5, 0.6) is 0 Å². The standard InChI is InChI=1S/C19H21ClO2S/c1-14-9-11-16(12-10-14)23(22)18(2,20)19(21)13-5-7-15-6-3-4-8-17(15)19/h3-4,6,8-12,21H,5,7,13H2,1-2H3. The van der Waals surface area contributed by atoms with Gasteiger partial charge in [-0.05, 0) is 56.4 Å². The molecule has 0 aromatic heterocycles. The molecule has 1 N–H and O–H groups in total. The molecule has 0 heterocycles. The number of alkyl halides is 1. The highest BCUT2D eigenvalue weighted by Crippen LogP contribution is 2.49. The number of hydrogen-bond acceptors (Lipinski definition) is 2. The Morgan fingerprint density at radius 2 is 1.83 bits per heavy atom. The van der Waals surface area contributed by atoms with Crippen LogP contribution in [0.4, 0.5) is 0 Å². The molecule has 0 amide bonds. The molecule has 0 spiro atoms. The zero-order valence-electron chi connectivity index (χ0n) is 13.4. The first-order valence-electron chi connectivity index (χ1n) is 7.84. The highest BCUT2D eigenvalue weighted by Gasteiger charge is 2.53. The van der Waals surface area contributed by atoms with Crippen molar-refractivity contribution in [2.45, 2.75) is 47.8 Å². The summed E-state index contributed by atoms with van der Waals surface area (Å²) >= 11 is 6.76. The van der Waals surface area contributed by atoms with Crippen molar-refractivity contribution in [2.75, 3.05) is 0 Å². The highest BCUT2D eigenvalue weighted by molar-refractivity contribution is 7.88. The Balaban J connectivity index is 2.05. The molecular weight excluding hydrogens is 328 g/mol. The number of aliphatic hydroxyl groups is 1. The Labute approximate surface area is 145 Å². The summed E-state index contributed by atoms with van der Waals surface area (Å²) in [5, 5.41) is 11.4. The van der Waals surface area contributed by atoms with Gasteiger partial charge in [-0.2, -0.15) is 0 Å². The quantitative estimate of drug-likeness (QED) is 0.840. The number of rotatable bonds is 3. The molecule has 0 saturated heterocycles. The third kappa shape index (κ3) is 2.75. The SMILES string of the molecule is Cc1ccc(S(=O)C(C)(Cl)C2(O)CCCc3ccccc32)cc1. The first kappa shape index (κ1) is 16.7. The van der Waals surface area contributed by atoms with Gasteiger partial charge in [0.25, 0.3) is 0 Å². The van der Waals surface area contributed by atoms with Crippen molar-refractivity contribution in [1.82, 2.24) is 0 Å². The summed E-state index contributed by atoms with van der Waals surface area (Å²) in [6, 6.07) is 15.3. The van der Waals surface area contributed by atoms with Gasteiger partial charge in [0, 0.05) is 4.90 Å². The van der Waals surface area contributed by atoms with Crippen molar-refractivity contribution < 1.29 is 9.32 Å². The number of fused-ring (bicyclic) bond motifs is 1. The Bertz CT molecular complexity index is 739. The van der Waals surface area contributed by atoms with Crippen LogP contribution >= 0.6 is 11.6 Å². The van der Waals surface area contributed by atoms with Crippen molar-refractivity contribution in [3.05, 3.63) is 65.2 Å². The zero-order valence-corrected chi connectivity index (χ0v) is 15.0. The molecule has 0 saturated carbocycles. The summed E-state index contributed by atoms with van der Waals surface area (Å²) in [5.74, 6) is 0. The monoisotopic (exact) mass is 348 g/mol. The van der Waals surface area contributed by atoms with Gasteiger partial charge in [0.2, 0.25) is 0 Å². The second-order valence-electron chi connectivity index (χ2n) is 6.37. The summed E-state index contributed by atoms with van der Waals surface area (Å²) in [5.41, 5.74) is 1.70. The minimum absolute atomic E-state index is 0.515. The average molecular weight is 349 g/mol. The van der Waals surface area contributed by atoms with E-state index < -0.39 is 20.6 Å². The van der Waals surface area contributed by atoms with Crippen LogP contribution in [0.25, 0.3) is 0 Å². The summed E-state index contributed by atoms with van der Waals surface area (Å²) in [4.78, 5) is 0.643. The largest absolute Gasteiger partial charge is 0.382 e. The molecule has 2 aromatic carbocycles. The predicted molar refractivity (Wildman–Crippen MR) is 95.1 cm³/mol. The van der Waals surface area contributed by atoms with Gasteiger partial charge in [-0.15, -0.1) is 11.6 Å². The van der Waals surface area contributed by atoms with Crippen LogP contribution in [0.15, 0.2) is 53.4 Å². The summed E-state index contributed by atoms with van der Waals surface area (Å²) in [6.45, 7) is 3.67. The zero-order chi connectivity index (χ0) is 16.7. The van der Waals surface area contributed by atoms with E-state index in [-0.39, 0.29) is 0 Å². The third-order valence-electron chi connectivity index (χ3n) is 4.77. The van der Waals surface area contributed by atoms with Crippen molar-refractivity contribution in [3.8, 4) is 0 Å². The summed E-state index contributed by atoms with van der Waals surface area (Å²) < 4.78 is 11.8. The fourth-order valence-corrected chi connectivity index (χ4v) is 5.12. The normalized spacial score (nSPS) is 24.5. The molecular formula is C19H21ClO2S. The van der Waals surface area contributed by atoms with Crippen molar-refractivity contribution in [3.63, 3.8) is 0 Å². The van der Waals surface area contributed by atoms with E-state index in [4.69, 9.17) is 11.6 Å². The van der Waals surface area contributed by atoms with Gasteiger partial charge < -0.3 is 5.11 Å². The molecule has 0 aliphatic heterocycles. The topological polar surface area (TPSA) is 37.3 Å². The number of hydrogen-bond donors (Lipinski definition) is 1. The van der Waals surface area contributed by atoms with Gasteiger partial charge in [-0.25, -0.2) is 0 Å². The summed E-state index contributed by atoms with van der Waals surface area (Å²) in [6.07, 6.45) is 2.27. The smallest absolute Gasteiger partial charge is 0.154 e. The molecule has 2 nitrogen and oxygen atoms in total. The lowest BCUT2D eigenvalue weighted by atomic mass is 9.77. The van der Waals surface area contributed by atoms with Gasteiger partial charge in [0.05, 0.1) is 10.8 Å². The van der Waals surface area contributed by atoms with Crippen LogP contribution in [-0.4, -0.2) is 13.5 Å². The predicted octanol–water partition coefficient (Wildman–Crippen LogP) is 4.28. The summed E-state index contributed by atoms with van der Waals surface area (Å²) in [7, 11) is -1.53. The molecule has 0 radical (unpaired) electrons. The molecule has 3 atom stereocenters. The molecule has 3 unspecified atom stereocenters. The third-order valence-corrected chi connectivity index (χ3v) is 7.24. The molecule has 23 heavy (non-hydrogen) atoms. The minimum atomic E-state index is -1.53. The van der Waals surface area contributed by atoms with Crippen LogP contribution in [0.2, 0.25) is 0 Å². The van der Waals surface area contributed by atoms with Crippen LogP contribution < -0.4 is 0 Å². The van der Waals surface area contributed by atoms with E-state index in [0.717, 1.165) is 29.5 Å². The van der Waals surface area contributed by atoms with Crippen LogP contribution in [0, 0.1) is 6.92 Å². The molecule has 1 aliphatic carbocycles. The van der Waals surface area contributed by atoms with Gasteiger partial charge in [-0.1, -0.05) is 42.0 Å². The second kappa shape index (κ2) is 6.04. The van der Waals surface area contributed by atoms with E-state index in [0.29, 0.717) is 11.3 Å². The fourth-order valence-electron chi connectivity index (χ4n) is 3.31. The fraction of sp³-hybridized carbons (Fsp3) is 0.368. The minimum Gasteiger partial charge on any atom is -0.382 e. The molecule has 0 bridgehead atoms. The Hall–Kier alpha value is -1.16. The van der Waals surface area contributed by atoms with E-state index in [1.165, 1.54) is 0 Å². The maximum Gasteiger partial charge on any atom is 0.154 e. The van der Waals surface area contributed by atoms with Gasteiger partial charge in [-0.3, -0.25) is 4.21 Å². The van der Waals surface area contributed by atoms with Gasteiger partial charge in [0.1, 0.15) is 5.60 Å². The van der Waals surface area contributed by atoms with E-state index in [1.807, 2.05) is 55.5 Å². The lowest BCUT2D eigenvalue weighted by Crippen LogP contribution is -2.50. The number of aryl methyl sites for hydroxylation is 2. The first-order valence-corrected chi connectivity index (χ1v) is 9.37. The van der Waals surface area contributed by atoms with Gasteiger partial charge in [0.15, 0.2) is 4.21 Å². The van der Waals surface area contributed by atoms with E-state index in [2.05, 4.69) is 0 Å². The molecule has 122 valence electrons. The molecule has 0 fully saturated rings. The lowest BCUT2D eigenvalue weighted by Gasteiger charge is -2.43. The number of halogens is 1. The maximum atomic E-state index is 13.1. The molecule has 3 rings (SSSR count). The van der Waals surface area contributed by atoms with E-state index in [9.17, 15) is 9.32 Å². The van der Waals surface area contributed by atoms with Crippen molar-refractivity contribution in [2.24, 2.45) is 0 Å². The Morgan fingerprint density at radius 1 is 1.17 bits per heavy atom.